The standard InChI is InChI=1S/C15H11ClN4/c1-10-14(11-5-4-6-12(16)9-11)19-20-15(18-10)13-7-2-3-8-17-13/h2-9H,1H3. The molecule has 98 valence electrons. The smallest absolute Gasteiger partial charge is 0.200 e. The molecule has 3 aromatic rings. The second-order valence-corrected chi connectivity index (χ2v) is 4.73. The first-order valence-electron chi connectivity index (χ1n) is 6.13. The SMILES string of the molecule is Cc1nc(-c2ccccn2)nnc1-c1cccc(Cl)c1. The molecule has 0 aliphatic heterocycles. The summed E-state index contributed by atoms with van der Waals surface area (Å²) >= 11 is 6.00. The van der Waals surface area contributed by atoms with Gasteiger partial charge in [-0.1, -0.05) is 29.8 Å². The van der Waals surface area contributed by atoms with Gasteiger partial charge in [0.15, 0.2) is 0 Å². The lowest BCUT2D eigenvalue weighted by molar-refractivity contribution is 0.950. The Kier molecular flexibility index (Phi) is 3.39. The van der Waals surface area contributed by atoms with Gasteiger partial charge in [-0.3, -0.25) is 4.98 Å². The van der Waals surface area contributed by atoms with Crippen LogP contribution in [0, 0.1) is 6.92 Å². The van der Waals surface area contributed by atoms with Crippen molar-refractivity contribution >= 4 is 11.6 Å². The van der Waals surface area contributed by atoms with Gasteiger partial charge in [0.05, 0.1) is 5.69 Å². The van der Waals surface area contributed by atoms with Crippen LogP contribution >= 0.6 is 11.6 Å². The van der Waals surface area contributed by atoms with Gasteiger partial charge in [-0.2, -0.15) is 0 Å². The molecule has 0 N–H and O–H groups in total. The van der Waals surface area contributed by atoms with Crippen LogP contribution in [-0.4, -0.2) is 20.2 Å². The predicted molar refractivity (Wildman–Crippen MR) is 78.2 cm³/mol. The van der Waals surface area contributed by atoms with Crippen molar-refractivity contribution in [1.29, 1.82) is 0 Å². The first-order chi connectivity index (χ1) is 9.74. The third kappa shape index (κ3) is 2.51. The van der Waals surface area contributed by atoms with Crippen molar-refractivity contribution in [2.45, 2.75) is 6.92 Å². The van der Waals surface area contributed by atoms with E-state index in [0.29, 0.717) is 16.5 Å². The van der Waals surface area contributed by atoms with Gasteiger partial charge in [-0.05, 0) is 31.2 Å². The number of benzene rings is 1. The third-order valence-electron chi connectivity index (χ3n) is 2.85. The summed E-state index contributed by atoms with van der Waals surface area (Å²) in [7, 11) is 0. The largest absolute Gasteiger partial charge is 0.253 e. The molecule has 2 heterocycles. The molecule has 0 unspecified atom stereocenters. The Hall–Kier alpha value is -2.33. The number of pyridine rings is 1. The summed E-state index contributed by atoms with van der Waals surface area (Å²) in [6.45, 7) is 1.90. The maximum Gasteiger partial charge on any atom is 0.200 e. The van der Waals surface area contributed by atoms with E-state index < -0.39 is 0 Å². The van der Waals surface area contributed by atoms with Gasteiger partial charge in [-0.15, -0.1) is 10.2 Å². The van der Waals surface area contributed by atoms with E-state index in [1.54, 1.807) is 6.20 Å². The van der Waals surface area contributed by atoms with Crippen LogP contribution < -0.4 is 0 Å². The van der Waals surface area contributed by atoms with Crippen LogP contribution in [0.3, 0.4) is 0 Å². The summed E-state index contributed by atoms with van der Waals surface area (Å²) in [4.78, 5) is 8.69. The molecule has 0 aliphatic carbocycles. The molecule has 0 saturated heterocycles. The summed E-state index contributed by atoms with van der Waals surface area (Å²) in [6.07, 6.45) is 1.71. The highest BCUT2D eigenvalue weighted by Crippen LogP contribution is 2.23. The second kappa shape index (κ2) is 5.35. The summed E-state index contributed by atoms with van der Waals surface area (Å²) in [6, 6.07) is 13.1. The minimum atomic E-state index is 0.522. The second-order valence-electron chi connectivity index (χ2n) is 4.29. The number of hydrogen-bond donors (Lipinski definition) is 0. The molecule has 0 aliphatic rings. The summed E-state index contributed by atoms with van der Waals surface area (Å²) in [5.74, 6) is 0.522. The maximum absolute atomic E-state index is 6.00. The van der Waals surface area contributed by atoms with E-state index in [4.69, 9.17) is 11.6 Å². The molecule has 0 atom stereocenters. The Morgan fingerprint density at radius 3 is 2.60 bits per heavy atom. The zero-order valence-electron chi connectivity index (χ0n) is 10.8. The lowest BCUT2D eigenvalue weighted by atomic mass is 10.1. The first kappa shape index (κ1) is 12.7. The third-order valence-corrected chi connectivity index (χ3v) is 3.09. The average molecular weight is 283 g/mol. The van der Waals surface area contributed by atoms with Gasteiger partial charge in [0.2, 0.25) is 5.82 Å². The fourth-order valence-electron chi connectivity index (χ4n) is 1.91. The first-order valence-corrected chi connectivity index (χ1v) is 6.50. The molecule has 5 heteroatoms. The lowest BCUT2D eigenvalue weighted by Gasteiger charge is -2.05. The zero-order chi connectivity index (χ0) is 13.9. The summed E-state index contributed by atoms with van der Waals surface area (Å²) in [5.41, 5.74) is 3.14. The molecular formula is C15H11ClN4. The Balaban J connectivity index is 2.04. The number of aryl methyl sites for hydroxylation is 1. The van der Waals surface area contributed by atoms with Crippen LogP contribution in [0.1, 0.15) is 5.69 Å². The van der Waals surface area contributed by atoms with E-state index in [-0.39, 0.29) is 0 Å². The molecule has 20 heavy (non-hydrogen) atoms. The summed E-state index contributed by atoms with van der Waals surface area (Å²) in [5, 5.41) is 9.07. The van der Waals surface area contributed by atoms with Gasteiger partial charge in [0.25, 0.3) is 0 Å². The van der Waals surface area contributed by atoms with Gasteiger partial charge < -0.3 is 0 Å². The van der Waals surface area contributed by atoms with E-state index in [1.165, 1.54) is 0 Å². The molecular weight excluding hydrogens is 272 g/mol. The highest BCUT2D eigenvalue weighted by molar-refractivity contribution is 6.30. The molecule has 2 aromatic heterocycles. The van der Waals surface area contributed by atoms with Crippen LogP contribution in [0.5, 0.6) is 0 Å². The number of nitrogens with zero attached hydrogens (tertiary/aromatic N) is 4. The Bertz CT molecular complexity index is 744. The van der Waals surface area contributed by atoms with E-state index in [2.05, 4.69) is 20.2 Å². The molecule has 1 aromatic carbocycles. The molecule has 3 rings (SSSR count). The number of aromatic nitrogens is 4. The minimum absolute atomic E-state index is 0.522. The van der Waals surface area contributed by atoms with E-state index in [1.807, 2.05) is 49.4 Å². The van der Waals surface area contributed by atoms with Crippen molar-refractivity contribution in [3.05, 3.63) is 59.4 Å². The summed E-state index contributed by atoms with van der Waals surface area (Å²) < 4.78 is 0. The topological polar surface area (TPSA) is 51.6 Å². The maximum atomic E-state index is 6.00. The predicted octanol–water partition coefficient (Wildman–Crippen LogP) is 3.56. The molecule has 0 bridgehead atoms. The molecule has 0 amide bonds. The van der Waals surface area contributed by atoms with Crippen molar-refractivity contribution in [3.8, 4) is 22.8 Å². The highest BCUT2D eigenvalue weighted by atomic mass is 35.5. The van der Waals surface area contributed by atoms with Crippen LogP contribution in [0.4, 0.5) is 0 Å². The molecule has 4 nitrogen and oxygen atoms in total. The van der Waals surface area contributed by atoms with E-state index in [9.17, 15) is 0 Å². The van der Waals surface area contributed by atoms with E-state index in [0.717, 1.165) is 17.0 Å². The van der Waals surface area contributed by atoms with Crippen molar-refractivity contribution < 1.29 is 0 Å². The van der Waals surface area contributed by atoms with Gasteiger partial charge >= 0.3 is 0 Å². The van der Waals surface area contributed by atoms with Crippen LogP contribution in [-0.2, 0) is 0 Å². The average Bonchev–Trinajstić information content (AvgIpc) is 2.48. The van der Waals surface area contributed by atoms with Crippen LogP contribution in [0.15, 0.2) is 48.7 Å². The Labute approximate surface area is 121 Å². The van der Waals surface area contributed by atoms with Crippen LogP contribution in [0.2, 0.25) is 5.02 Å². The molecule has 0 spiro atoms. The number of hydrogen-bond acceptors (Lipinski definition) is 4. The molecule has 0 fully saturated rings. The van der Waals surface area contributed by atoms with Crippen molar-refractivity contribution in [2.75, 3.05) is 0 Å². The van der Waals surface area contributed by atoms with E-state index >= 15 is 0 Å². The molecule has 0 radical (unpaired) electrons. The number of rotatable bonds is 2. The van der Waals surface area contributed by atoms with Crippen LogP contribution in [0.25, 0.3) is 22.8 Å². The number of halogens is 1. The van der Waals surface area contributed by atoms with Crippen molar-refractivity contribution in [3.63, 3.8) is 0 Å². The lowest BCUT2D eigenvalue weighted by Crippen LogP contribution is -2.00. The highest BCUT2D eigenvalue weighted by Gasteiger charge is 2.10. The fraction of sp³-hybridized carbons (Fsp3) is 0.0667. The van der Waals surface area contributed by atoms with Gasteiger partial charge in [0, 0.05) is 16.8 Å². The zero-order valence-corrected chi connectivity index (χ0v) is 11.5. The Morgan fingerprint density at radius 1 is 1.00 bits per heavy atom. The normalized spacial score (nSPS) is 10.5. The molecule has 0 saturated carbocycles. The quantitative estimate of drug-likeness (QED) is 0.721. The van der Waals surface area contributed by atoms with Crippen molar-refractivity contribution in [1.82, 2.24) is 20.2 Å². The Morgan fingerprint density at radius 2 is 1.90 bits per heavy atom. The minimum Gasteiger partial charge on any atom is -0.253 e. The monoisotopic (exact) mass is 282 g/mol. The van der Waals surface area contributed by atoms with Crippen molar-refractivity contribution in [2.24, 2.45) is 0 Å². The van der Waals surface area contributed by atoms with Gasteiger partial charge in [0.1, 0.15) is 11.4 Å². The van der Waals surface area contributed by atoms with Gasteiger partial charge in [-0.25, -0.2) is 4.98 Å². The fourth-order valence-corrected chi connectivity index (χ4v) is 2.10.